The second kappa shape index (κ2) is 4.60. The van der Waals surface area contributed by atoms with Gasteiger partial charge in [-0.1, -0.05) is 33.6 Å². The molecule has 3 heteroatoms. The number of carbonyl (C=O) groups excluding carboxylic acids is 1. The zero-order valence-corrected chi connectivity index (χ0v) is 10.2. The van der Waals surface area contributed by atoms with Gasteiger partial charge in [-0.2, -0.15) is 0 Å². The molecule has 0 aliphatic heterocycles. The molecule has 0 N–H and O–H groups in total. The second-order valence-corrected chi connectivity index (χ2v) is 4.72. The lowest BCUT2D eigenvalue weighted by atomic mass is 10.2. The molecule has 0 radical (unpaired) electrons. The smallest absolute Gasteiger partial charge is 0.240 e. The van der Waals surface area contributed by atoms with Crippen LogP contribution in [0.2, 0.25) is 0 Å². The Morgan fingerprint density at radius 1 is 1.36 bits per heavy atom. The Labute approximate surface area is 93.0 Å². The number of carbonyl (C=O) groups is 1. The number of aryl methyl sites for hydroxylation is 1. The molecule has 0 aliphatic carbocycles. The Balaban J connectivity index is 2.84. The van der Waals surface area contributed by atoms with Gasteiger partial charge in [-0.15, -0.1) is 0 Å². The number of nitrogens with zero attached hydrogens (tertiary/aromatic N) is 1. The maximum absolute atomic E-state index is 11.6. The average Bonchev–Trinajstić information content (AvgIpc) is 2.16. The summed E-state index contributed by atoms with van der Waals surface area (Å²) in [5.74, 6) is 0.0638. The van der Waals surface area contributed by atoms with Gasteiger partial charge >= 0.3 is 0 Å². The molecule has 1 amide bonds. The molecule has 1 rings (SSSR count). The molecule has 0 spiro atoms. The van der Waals surface area contributed by atoms with Crippen molar-refractivity contribution in [3.05, 3.63) is 29.8 Å². The van der Waals surface area contributed by atoms with Crippen LogP contribution in [-0.4, -0.2) is 17.8 Å². The van der Waals surface area contributed by atoms with Gasteiger partial charge in [0.15, 0.2) is 0 Å². The fourth-order valence-corrected chi connectivity index (χ4v) is 1.47. The first kappa shape index (κ1) is 11.2. The van der Waals surface area contributed by atoms with Crippen molar-refractivity contribution < 1.29 is 4.79 Å². The normalized spacial score (nSPS) is 12.3. The molecule has 0 saturated carbocycles. The number of alkyl halides is 1. The highest BCUT2D eigenvalue weighted by molar-refractivity contribution is 9.10. The molecule has 2 nitrogen and oxygen atoms in total. The summed E-state index contributed by atoms with van der Waals surface area (Å²) in [4.78, 5) is 13.1. The van der Waals surface area contributed by atoms with E-state index in [-0.39, 0.29) is 10.7 Å². The SMILES string of the molecule is Cc1ccc(N(C)C(=O)C(C)Br)cc1. The molecular weight excluding hydrogens is 242 g/mol. The van der Waals surface area contributed by atoms with Crippen LogP contribution in [-0.2, 0) is 4.79 Å². The Morgan fingerprint density at radius 3 is 2.29 bits per heavy atom. The monoisotopic (exact) mass is 255 g/mol. The number of anilines is 1. The maximum atomic E-state index is 11.6. The number of hydrogen-bond donors (Lipinski definition) is 0. The number of hydrogen-bond acceptors (Lipinski definition) is 1. The second-order valence-electron chi connectivity index (χ2n) is 3.35. The predicted octanol–water partition coefficient (Wildman–Crippen LogP) is 2.74. The number of amides is 1. The van der Waals surface area contributed by atoms with Crippen LogP contribution in [0.25, 0.3) is 0 Å². The fourth-order valence-electron chi connectivity index (χ4n) is 1.16. The number of rotatable bonds is 2. The van der Waals surface area contributed by atoms with Crippen LogP contribution in [0.4, 0.5) is 5.69 Å². The summed E-state index contributed by atoms with van der Waals surface area (Å²) in [6, 6.07) is 7.89. The first-order chi connectivity index (χ1) is 6.52. The fraction of sp³-hybridized carbons (Fsp3) is 0.364. The van der Waals surface area contributed by atoms with Crippen LogP contribution < -0.4 is 4.90 Å². The molecule has 1 aromatic rings. The minimum Gasteiger partial charge on any atom is -0.315 e. The van der Waals surface area contributed by atoms with E-state index in [0.717, 1.165) is 5.69 Å². The van der Waals surface area contributed by atoms with Crippen LogP contribution in [0.1, 0.15) is 12.5 Å². The predicted molar refractivity (Wildman–Crippen MR) is 63.0 cm³/mol. The molecule has 0 saturated heterocycles. The van der Waals surface area contributed by atoms with Crippen LogP contribution in [0.15, 0.2) is 24.3 Å². The van der Waals surface area contributed by atoms with E-state index >= 15 is 0 Å². The van der Waals surface area contributed by atoms with E-state index in [9.17, 15) is 4.79 Å². The van der Waals surface area contributed by atoms with Gasteiger partial charge < -0.3 is 4.90 Å². The Bertz CT molecular complexity index is 319. The molecule has 76 valence electrons. The standard InChI is InChI=1S/C11H14BrNO/c1-8-4-6-10(7-5-8)13(3)11(14)9(2)12/h4-7,9H,1-3H3. The van der Waals surface area contributed by atoms with E-state index in [1.54, 1.807) is 11.9 Å². The Hall–Kier alpha value is -0.830. The van der Waals surface area contributed by atoms with Gasteiger partial charge in [-0.3, -0.25) is 4.79 Å². The van der Waals surface area contributed by atoms with Crippen LogP contribution >= 0.6 is 15.9 Å². The highest BCUT2D eigenvalue weighted by Gasteiger charge is 2.15. The molecule has 1 atom stereocenters. The van der Waals surface area contributed by atoms with Crippen molar-refractivity contribution in [2.24, 2.45) is 0 Å². The third-order valence-electron chi connectivity index (χ3n) is 2.09. The van der Waals surface area contributed by atoms with E-state index < -0.39 is 0 Å². The Morgan fingerprint density at radius 2 is 1.86 bits per heavy atom. The molecular formula is C11H14BrNO. The third kappa shape index (κ3) is 2.58. The Kier molecular flexibility index (Phi) is 3.69. The van der Waals surface area contributed by atoms with Gasteiger partial charge in [0.25, 0.3) is 0 Å². The number of halogens is 1. The molecule has 0 aromatic heterocycles. The van der Waals surface area contributed by atoms with Gasteiger partial charge in [0, 0.05) is 12.7 Å². The van der Waals surface area contributed by atoms with Gasteiger partial charge in [-0.05, 0) is 26.0 Å². The van der Waals surface area contributed by atoms with E-state index in [1.807, 2.05) is 38.1 Å². The molecule has 0 aliphatic rings. The largest absolute Gasteiger partial charge is 0.315 e. The van der Waals surface area contributed by atoms with Crippen molar-refractivity contribution in [3.8, 4) is 0 Å². The third-order valence-corrected chi connectivity index (χ3v) is 2.48. The summed E-state index contributed by atoms with van der Waals surface area (Å²) in [7, 11) is 1.78. The number of benzene rings is 1. The van der Waals surface area contributed by atoms with Crippen molar-refractivity contribution in [2.75, 3.05) is 11.9 Å². The first-order valence-corrected chi connectivity index (χ1v) is 5.42. The van der Waals surface area contributed by atoms with E-state index in [4.69, 9.17) is 0 Å². The first-order valence-electron chi connectivity index (χ1n) is 4.50. The summed E-state index contributed by atoms with van der Waals surface area (Å²) in [6.07, 6.45) is 0. The molecule has 1 unspecified atom stereocenters. The van der Waals surface area contributed by atoms with Crippen molar-refractivity contribution in [1.29, 1.82) is 0 Å². The van der Waals surface area contributed by atoms with Crippen LogP contribution in [0.3, 0.4) is 0 Å². The summed E-state index contributed by atoms with van der Waals surface area (Å²) >= 11 is 3.26. The highest BCUT2D eigenvalue weighted by Crippen LogP contribution is 2.15. The summed E-state index contributed by atoms with van der Waals surface area (Å²) in [5, 5.41) is 0. The van der Waals surface area contributed by atoms with Crippen LogP contribution in [0.5, 0.6) is 0 Å². The zero-order valence-electron chi connectivity index (χ0n) is 8.62. The maximum Gasteiger partial charge on any atom is 0.240 e. The quantitative estimate of drug-likeness (QED) is 0.745. The van der Waals surface area contributed by atoms with Crippen molar-refractivity contribution in [1.82, 2.24) is 0 Å². The molecule has 0 bridgehead atoms. The lowest BCUT2D eigenvalue weighted by Gasteiger charge is -2.18. The summed E-state index contributed by atoms with van der Waals surface area (Å²) in [6.45, 7) is 3.85. The molecule has 0 heterocycles. The van der Waals surface area contributed by atoms with Crippen molar-refractivity contribution >= 4 is 27.5 Å². The van der Waals surface area contributed by atoms with Gasteiger partial charge in [0.2, 0.25) is 5.91 Å². The minimum atomic E-state index is -0.145. The highest BCUT2D eigenvalue weighted by atomic mass is 79.9. The summed E-state index contributed by atoms with van der Waals surface area (Å²) < 4.78 is 0. The lowest BCUT2D eigenvalue weighted by Crippen LogP contribution is -2.31. The van der Waals surface area contributed by atoms with Crippen molar-refractivity contribution in [2.45, 2.75) is 18.7 Å². The lowest BCUT2D eigenvalue weighted by molar-refractivity contribution is -0.117. The van der Waals surface area contributed by atoms with E-state index in [0.29, 0.717) is 0 Å². The van der Waals surface area contributed by atoms with Crippen LogP contribution in [0, 0.1) is 6.92 Å². The molecule has 1 aromatic carbocycles. The molecule has 0 fully saturated rings. The topological polar surface area (TPSA) is 20.3 Å². The van der Waals surface area contributed by atoms with Gasteiger partial charge in [-0.25, -0.2) is 0 Å². The molecule has 14 heavy (non-hydrogen) atoms. The van der Waals surface area contributed by atoms with Gasteiger partial charge in [0.1, 0.15) is 0 Å². The van der Waals surface area contributed by atoms with E-state index in [1.165, 1.54) is 5.56 Å². The van der Waals surface area contributed by atoms with Crippen molar-refractivity contribution in [3.63, 3.8) is 0 Å². The minimum absolute atomic E-state index is 0.0638. The van der Waals surface area contributed by atoms with Gasteiger partial charge in [0.05, 0.1) is 4.83 Å². The summed E-state index contributed by atoms with van der Waals surface area (Å²) in [5.41, 5.74) is 2.12. The van der Waals surface area contributed by atoms with E-state index in [2.05, 4.69) is 15.9 Å². The average molecular weight is 256 g/mol. The zero-order chi connectivity index (χ0) is 10.7.